The normalized spacial score (nSPS) is 11.7. The summed E-state index contributed by atoms with van der Waals surface area (Å²) < 4.78 is 0. The van der Waals surface area contributed by atoms with Gasteiger partial charge < -0.3 is 10.6 Å². The Morgan fingerprint density at radius 1 is 1.00 bits per heavy atom. The molecule has 1 amide bonds. The lowest BCUT2D eigenvalue weighted by Gasteiger charge is -2.15. The summed E-state index contributed by atoms with van der Waals surface area (Å²) in [5.74, 6) is -0.0456. The van der Waals surface area contributed by atoms with Gasteiger partial charge in [0.05, 0.1) is 0 Å². The number of para-hydroxylation sites is 1. The van der Waals surface area contributed by atoms with Crippen LogP contribution in [-0.2, 0) is 11.2 Å². The fraction of sp³-hybridized carbons (Fsp3) is 0.235. The summed E-state index contributed by atoms with van der Waals surface area (Å²) >= 11 is 0. The van der Waals surface area contributed by atoms with Crippen molar-refractivity contribution >= 4 is 17.3 Å². The molecule has 0 radical (unpaired) electrons. The van der Waals surface area contributed by atoms with E-state index in [4.69, 9.17) is 0 Å². The highest BCUT2D eigenvalue weighted by Crippen LogP contribution is 2.12. The maximum Gasteiger partial charge on any atom is 0.246 e. The summed E-state index contributed by atoms with van der Waals surface area (Å²) in [7, 11) is 0. The number of amides is 1. The molecule has 2 aromatic carbocycles. The molecule has 0 aliphatic carbocycles. The number of anilines is 2. The maximum atomic E-state index is 12.1. The molecule has 0 bridgehead atoms. The topological polar surface area (TPSA) is 41.1 Å². The minimum atomic E-state index is -0.289. The molecule has 0 aliphatic rings. The van der Waals surface area contributed by atoms with Crippen LogP contribution in [0.15, 0.2) is 54.6 Å². The molecular weight excluding hydrogens is 248 g/mol. The van der Waals surface area contributed by atoms with Crippen molar-refractivity contribution < 1.29 is 4.79 Å². The van der Waals surface area contributed by atoms with Crippen LogP contribution < -0.4 is 10.6 Å². The molecule has 0 aromatic heterocycles. The number of nitrogens with one attached hydrogen (secondary N) is 2. The highest BCUT2D eigenvalue weighted by molar-refractivity contribution is 5.96. The number of hydrogen-bond donors (Lipinski definition) is 2. The van der Waals surface area contributed by atoms with Crippen LogP contribution >= 0.6 is 0 Å². The Kier molecular flexibility index (Phi) is 4.77. The van der Waals surface area contributed by atoms with Crippen molar-refractivity contribution in [1.29, 1.82) is 0 Å². The van der Waals surface area contributed by atoms with Crippen molar-refractivity contribution in [3.05, 3.63) is 60.2 Å². The summed E-state index contributed by atoms with van der Waals surface area (Å²) in [5.41, 5.74) is 3.06. The maximum absolute atomic E-state index is 12.1. The lowest BCUT2D eigenvalue weighted by molar-refractivity contribution is -0.116. The van der Waals surface area contributed by atoms with Gasteiger partial charge in [0, 0.05) is 11.4 Å². The van der Waals surface area contributed by atoms with E-state index in [1.54, 1.807) is 0 Å². The van der Waals surface area contributed by atoms with E-state index in [1.807, 2.05) is 49.4 Å². The first-order chi connectivity index (χ1) is 9.69. The second-order valence-electron chi connectivity index (χ2n) is 4.77. The lowest BCUT2D eigenvalue weighted by atomic mass is 10.1. The molecule has 0 heterocycles. The van der Waals surface area contributed by atoms with Gasteiger partial charge in [-0.2, -0.15) is 0 Å². The van der Waals surface area contributed by atoms with E-state index >= 15 is 0 Å². The van der Waals surface area contributed by atoms with Crippen molar-refractivity contribution in [2.45, 2.75) is 26.3 Å². The molecule has 20 heavy (non-hydrogen) atoms. The number of rotatable bonds is 5. The number of carbonyl (C=O) groups excluding carboxylic acids is 1. The second kappa shape index (κ2) is 6.75. The van der Waals surface area contributed by atoms with Gasteiger partial charge in [-0.15, -0.1) is 0 Å². The van der Waals surface area contributed by atoms with Gasteiger partial charge in [-0.25, -0.2) is 0 Å². The highest BCUT2D eigenvalue weighted by atomic mass is 16.2. The predicted octanol–water partition coefficient (Wildman–Crippen LogP) is 3.69. The van der Waals surface area contributed by atoms with Gasteiger partial charge in [0.15, 0.2) is 0 Å². The summed E-state index contributed by atoms with van der Waals surface area (Å²) in [6, 6.07) is 17.3. The van der Waals surface area contributed by atoms with Crippen molar-refractivity contribution in [2.24, 2.45) is 0 Å². The minimum Gasteiger partial charge on any atom is -0.374 e. The molecule has 2 N–H and O–H groups in total. The van der Waals surface area contributed by atoms with Gasteiger partial charge in [0.2, 0.25) is 5.91 Å². The van der Waals surface area contributed by atoms with Gasteiger partial charge in [0.25, 0.3) is 0 Å². The molecule has 0 spiro atoms. The van der Waals surface area contributed by atoms with E-state index in [0.29, 0.717) is 0 Å². The molecule has 0 fully saturated rings. The van der Waals surface area contributed by atoms with Crippen LogP contribution in [0.25, 0.3) is 0 Å². The Morgan fingerprint density at radius 2 is 1.65 bits per heavy atom. The molecule has 2 aromatic rings. The van der Waals surface area contributed by atoms with E-state index in [1.165, 1.54) is 5.56 Å². The predicted molar refractivity (Wildman–Crippen MR) is 84.0 cm³/mol. The third-order valence-corrected chi connectivity index (χ3v) is 3.18. The third-order valence-electron chi connectivity index (χ3n) is 3.18. The van der Waals surface area contributed by atoms with Crippen molar-refractivity contribution in [3.63, 3.8) is 0 Å². The summed E-state index contributed by atoms with van der Waals surface area (Å²) in [4.78, 5) is 12.1. The van der Waals surface area contributed by atoms with Crippen molar-refractivity contribution in [3.8, 4) is 0 Å². The molecular formula is C17H20N2O. The van der Waals surface area contributed by atoms with Gasteiger partial charge in [-0.1, -0.05) is 37.3 Å². The smallest absolute Gasteiger partial charge is 0.246 e. The van der Waals surface area contributed by atoms with Gasteiger partial charge in [0.1, 0.15) is 6.04 Å². The number of benzene rings is 2. The molecule has 3 heteroatoms. The zero-order chi connectivity index (χ0) is 14.4. The fourth-order valence-electron chi connectivity index (χ4n) is 1.92. The monoisotopic (exact) mass is 268 g/mol. The minimum absolute atomic E-state index is 0.0456. The van der Waals surface area contributed by atoms with E-state index in [0.717, 1.165) is 17.8 Å². The Morgan fingerprint density at radius 3 is 2.25 bits per heavy atom. The van der Waals surface area contributed by atoms with Crippen LogP contribution in [0, 0.1) is 0 Å². The second-order valence-corrected chi connectivity index (χ2v) is 4.77. The third kappa shape index (κ3) is 3.85. The molecule has 0 unspecified atom stereocenters. The van der Waals surface area contributed by atoms with Crippen LogP contribution in [0.4, 0.5) is 11.4 Å². The highest BCUT2D eigenvalue weighted by Gasteiger charge is 2.12. The average molecular weight is 268 g/mol. The summed E-state index contributed by atoms with van der Waals surface area (Å²) in [6.45, 7) is 3.98. The first-order valence-corrected chi connectivity index (χ1v) is 6.90. The molecule has 0 saturated heterocycles. The standard InChI is InChI=1S/C17H20N2O/c1-3-14-9-11-16(12-10-14)18-13(2)17(20)19-15-7-5-4-6-8-15/h4-13,18H,3H2,1-2H3,(H,19,20)/t13-/m1/s1. The first kappa shape index (κ1) is 14.1. The van der Waals surface area contributed by atoms with E-state index in [2.05, 4.69) is 29.7 Å². The molecule has 3 nitrogen and oxygen atoms in total. The SMILES string of the molecule is CCc1ccc(N[C@H](C)C(=O)Nc2ccccc2)cc1. The molecule has 0 saturated carbocycles. The fourth-order valence-corrected chi connectivity index (χ4v) is 1.92. The van der Waals surface area contributed by atoms with Gasteiger partial charge >= 0.3 is 0 Å². The van der Waals surface area contributed by atoms with Gasteiger partial charge in [-0.05, 0) is 43.2 Å². The number of aryl methyl sites for hydroxylation is 1. The van der Waals surface area contributed by atoms with Crippen molar-refractivity contribution in [2.75, 3.05) is 10.6 Å². The average Bonchev–Trinajstić information content (AvgIpc) is 2.49. The van der Waals surface area contributed by atoms with Gasteiger partial charge in [-0.3, -0.25) is 4.79 Å². The Bertz CT molecular complexity index is 549. The molecule has 0 aliphatic heterocycles. The van der Waals surface area contributed by atoms with E-state index < -0.39 is 0 Å². The van der Waals surface area contributed by atoms with Crippen LogP contribution in [-0.4, -0.2) is 11.9 Å². The first-order valence-electron chi connectivity index (χ1n) is 6.90. The van der Waals surface area contributed by atoms with Crippen molar-refractivity contribution in [1.82, 2.24) is 0 Å². The largest absolute Gasteiger partial charge is 0.374 e. The zero-order valence-electron chi connectivity index (χ0n) is 11.9. The molecule has 2 rings (SSSR count). The Labute approximate surface area is 120 Å². The summed E-state index contributed by atoms with van der Waals surface area (Å²) in [6.07, 6.45) is 1.02. The zero-order valence-corrected chi connectivity index (χ0v) is 11.9. The molecule has 1 atom stereocenters. The Hall–Kier alpha value is -2.29. The number of carbonyl (C=O) groups is 1. The molecule has 104 valence electrons. The van der Waals surface area contributed by atoms with E-state index in [-0.39, 0.29) is 11.9 Å². The van der Waals surface area contributed by atoms with E-state index in [9.17, 15) is 4.79 Å². The summed E-state index contributed by atoms with van der Waals surface area (Å²) in [5, 5.41) is 6.08. The van der Waals surface area contributed by atoms with Crippen LogP contribution in [0.3, 0.4) is 0 Å². The Balaban J connectivity index is 1.93. The number of hydrogen-bond acceptors (Lipinski definition) is 2. The van der Waals surface area contributed by atoms with Crippen LogP contribution in [0.1, 0.15) is 19.4 Å². The quantitative estimate of drug-likeness (QED) is 0.868. The van der Waals surface area contributed by atoms with Crippen LogP contribution in [0.2, 0.25) is 0 Å². The lowest BCUT2D eigenvalue weighted by Crippen LogP contribution is -2.31. The van der Waals surface area contributed by atoms with Crippen LogP contribution in [0.5, 0.6) is 0 Å².